The number of fused-ring (bicyclic) bond motifs is 1. The van der Waals surface area contributed by atoms with Crippen molar-refractivity contribution >= 4 is 11.8 Å². The van der Waals surface area contributed by atoms with Crippen LogP contribution in [0, 0.1) is 23.1 Å². The SMILES string of the molecule is CCCCCC(=O)N(CCN1CCN(C(=O)c2ccccc2F)CC1)CC1=CCC2CC1C2(C)C. The molecule has 6 heteroatoms. The van der Waals surface area contributed by atoms with E-state index in [0.29, 0.717) is 30.8 Å². The second-order valence-corrected chi connectivity index (χ2v) is 11.2. The Balaban J connectivity index is 1.31. The fraction of sp³-hybridized carbons (Fsp3) is 0.655. The van der Waals surface area contributed by atoms with Gasteiger partial charge in [0.15, 0.2) is 0 Å². The predicted molar refractivity (Wildman–Crippen MR) is 138 cm³/mol. The minimum Gasteiger partial charge on any atom is -0.337 e. The van der Waals surface area contributed by atoms with Crippen molar-refractivity contribution in [3.05, 3.63) is 47.3 Å². The zero-order valence-corrected chi connectivity index (χ0v) is 21.8. The first-order valence-electron chi connectivity index (χ1n) is 13.5. The summed E-state index contributed by atoms with van der Waals surface area (Å²) in [7, 11) is 0. The fourth-order valence-electron chi connectivity index (χ4n) is 6.09. The lowest BCUT2D eigenvalue weighted by Crippen LogP contribution is -2.52. The normalized spacial score (nSPS) is 23.4. The molecular formula is C29H42FN3O2. The molecule has 5 rings (SSSR count). The van der Waals surface area contributed by atoms with Crippen molar-refractivity contribution < 1.29 is 14.0 Å². The number of nitrogens with zero attached hydrogens (tertiary/aromatic N) is 3. The lowest BCUT2D eigenvalue weighted by Gasteiger charge is -2.57. The number of hydrogen-bond donors (Lipinski definition) is 0. The van der Waals surface area contributed by atoms with Crippen molar-refractivity contribution in [1.29, 1.82) is 0 Å². The van der Waals surface area contributed by atoms with Gasteiger partial charge in [-0.05, 0) is 48.6 Å². The number of unbranched alkanes of at least 4 members (excludes halogenated alkanes) is 2. The van der Waals surface area contributed by atoms with Crippen LogP contribution >= 0.6 is 0 Å². The van der Waals surface area contributed by atoms with Crippen LogP contribution in [0.3, 0.4) is 0 Å². The Bertz CT molecular complexity index is 936. The second-order valence-electron chi connectivity index (χ2n) is 11.2. The number of piperazine rings is 1. The maximum atomic E-state index is 14.0. The Labute approximate surface area is 210 Å². The summed E-state index contributed by atoms with van der Waals surface area (Å²) in [5, 5.41) is 0. The second kappa shape index (κ2) is 11.2. The van der Waals surface area contributed by atoms with Crippen molar-refractivity contribution in [1.82, 2.24) is 14.7 Å². The van der Waals surface area contributed by atoms with Crippen LogP contribution in [0.1, 0.15) is 69.7 Å². The summed E-state index contributed by atoms with van der Waals surface area (Å²) in [5.41, 5.74) is 1.97. The van der Waals surface area contributed by atoms with Crippen molar-refractivity contribution in [3.63, 3.8) is 0 Å². The summed E-state index contributed by atoms with van der Waals surface area (Å²) in [6, 6.07) is 6.19. The van der Waals surface area contributed by atoms with E-state index in [2.05, 4.69) is 36.6 Å². The van der Waals surface area contributed by atoms with E-state index in [4.69, 9.17) is 0 Å². The number of carbonyl (C=O) groups is 2. The molecule has 3 aliphatic carbocycles. The Morgan fingerprint density at radius 2 is 1.86 bits per heavy atom. The van der Waals surface area contributed by atoms with Crippen molar-refractivity contribution in [3.8, 4) is 0 Å². The Morgan fingerprint density at radius 3 is 2.51 bits per heavy atom. The van der Waals surface area contributed by atoms with Gasteiger partial charge in [-0.15, -0.1) is 0 Å². The van der Waals surface area contributed by atoms with Gasteiger partial charge in [0.2, 0.25) is 5.91 Å². The predicted octanol–water partition coefficient (Wildman–Crippen LogP) is 4.98. The molecule has 2 fully saturated rings. The maximum Gasteiger partial charge on any atom is 0.256 e. The molecule has 4 aliphatic rings. The molecule has 1 saturated heterocycles. The molecule has 5 nitrogen and oxygen atoms in total. The third kappa shape index (κ3) is 5.79. The van der Waals surface area contributed by atoms with Crippen molar-refractivity contribution in [2.24, 2.45) is 17.3 Å². The lowest BCUT2D eigenvalue weighted by atomic mass is 9.49. The van der Waals surface area contributed by atoms with E-state index in [9.17, 15) is 14.0 Å². The minimum atomic E-state index is -0.463. The molecule has 0 N–H and O–H groups in total. The molecule has 0 aromatic heterocycles. The molecule has 2 bridgehead atoms. The van der Waals surface area contributed by atoms with Gasteiger partial charge in [0, 0.05) is 52.2 Å². The van der Waals surface area contributed by atoms with E-state index in [-0.39, 0.29) is 17.4 Å². The first-order chi connectivity index (χ1) is 16.8. The molecule has 2 unspecified atom stereocenters. The number of allylic oxidation sites excluding steroid dienone is 1. The summed E-state index contributed by atoms with van der Waals surface area (Å²) in [5.74, 6) is 0.983. The lowest BCUT2D eigenvalue weighted by molar-refractivity contribution is -0.131. The van der Waals surface area contributed by atoms with Gasteiger partial charge in [-0.1, -0.05) is 57.4 Å². The van der Waals surface area contributed by atoms with Gasteiger partial charge in [-0.2, -0.15) is 0 Å². The van der Waals surface area contributed by atoms with Gasteiger partial charge in [0.05, 0.1) is 5.56 Å². The topological polar surface area (TPSA) is 43.9 Å². The molecule has 2 amide bonds. The maximum absolute atomic E-state index is 14.0. The molecule has 1 aromatic rings. The van der Waals surface area contributed by atoms with Gasteiger partial charge >= 0.3 is 0 Å². The molecule has 35 heavy (non-hydrogen) atoms. The van der Waals surface area contributed by atoms with Crippen LogP contribution in [0.25, 0.3) is 0 Å². The van der Waals surface area contributed by atoms with E-state index < -0.39 is 5.82 Å². The molecular weight excluding hydrogens is 441 g/mol. The third-order valence-corrected chi connectivity index (χ3v) is 8.75. The number of benzene rings is 1. The van der Waals surface area contributed by atoms with E-state index in [1.165, 1.54) is 18.1 Å². The monoisotopic (exact) mass is 483 g/mol. The Hall–Kier alpha value is -2.21. The largest absolute Gasteiger partial charge is 0.337 e. The van der Waals surface area contributed by atoms with E-state index >= 15 is 0 Å². The zero-order valence-electron chi connectivity index (χ0n) is 21.8. The highest BCUT2D eigenvalue weighted by Crippen LogP contribution is 2.59. The van der Waals surface area contributed by atoms with E-state index in [1.807, 2.05) is 0 Å². The highest BCUT2D eigenvalue weighted by atomic mass is 19.1. The van der Waals surface area contributed by atoms with Gasteiger partial charge < -0.3 is 9.80 Å². The van der Waals surface area contributed by atoms with Crippen molar-refractivity contribution in [2.45, 2.75) is 59.3 Å². The van der Waals surface area contributed by atoms with Crippen LogP contribution in [-0.4, -0.2) is 72.3 Å². The van der Waals surface area contributed by atoms with Gasteiger partial charge in [-0.3, -0.25) is 14.5 Å². The number of amides is 2. The molecule has 1 heterocycles. The Morgan fingerprint density at radius 1 is 1.11 bits per heavy atom. The summed E-state index contributed by atoms with van der Waals surface area (Å²) in [6.07, 6.45) is 8.62. The highest BCUT2D eigenvalue weighted by Gasteiger charge is 2.51. The van der Waals surface area contributed by atoms with E-state index in [0.717, 1.165) is 64.3 Å². The third-order valence-electron chi connectivity index (χ3n) is 8.75. The molecule has 1 aromatic carbocycles. The smallest absolute Gasteiger partial charge is 0.256 e. The average molecular weight is 484 g/mol. The molecule has 0 radical (unpaired) electrons. The van der Waals surface area contributed by atoms with Crippen LogP contribution in [0.5, 0.6) is 0 Å². The standard InChI is InChI=1S/C29H42FN3O2/c1-4-5-6-11-27(34)33(21-22-12-13-23-20-25(22)29(23,2)3)19-16-31-14-17-32(18-15-31)28(35)24-9-7-8-10-26(24)30/h7-10,12,23,25H,4-6,11,13-21H2,1-3H3. The van der Waals surface area contributed by atoms with Gasteiger partial charge in [-0.25, -0.2) is 4.39 Å². The molecule has 192 valence electrons. The first kappa shape index (κ1) is 25.9. The Kier molecular flexibility index (Phi) is 8.31. The molecule has 1 aliphatic heterocycles. The van der Waals surface area contributed by atoms with E-state index in [1.54, 1.807) is 23.1 Å². The number of hydrogen-bond acceptors (Lipinski definition) is 3. The quantitative estimate of drug-likeness (QED) is 0.348. The zero-order chi connectivity index (χ0) is 25.0. The first-order valence-corrected chi connectivity index (χ1v) is 13.5. The van der Waals surface area contributed by atoms with Crippen LogP contribution < -0.4 is 0 Å². The van der Waals surface area contributed by atoms with Crippen LogP contribution in [0.4, 0.5) is 4.39 Å². The van der Waals surface area contributed by atoms with Gasteiger partial charge in [0.1, 0.15) is 5.82 Å². The molecule has 1 saturated carbocycles. The summed E-state index contributed by atoms with van der Waals surface area (Å²) < 4.78 is 14.0. The summed E-state index contributed by atoms with van der Waals surface area (Å²) in [4.78, 5) is 32.1. The summed E-state index contributed by atoms with van der Waals surface area (Å²) >= 11 is 0. The van der Waals surface area contributed by atoms with Gasteiger partial charge in [0.25, 0.3) is 5.91 Å². The van der Waals surface area contributed by atoms with Crippen molar-refractivity contribution in [2.75, 3.05) is 45.8 Å². The van der Waals surface area contributed by atoms with Crippen LogP contribution in [-0.2, 0) is 4.79 Å². The number of rotatable bonds is 10. The minimum absolute atomic E-state index is 0.145. The molecule has 0 spiro atoms. The van der Waals surface area contributed by atoms with Crippen LogP contribution in [0.2, 0.25) is 0 Å². The highest BCUT2D eigenvalue weighted by molar-refractivity contribution is 5.94. The van der Waals surface area contributed by atoms with Crippen LogP contribution in [0.15, 0.2) is 35.9 Å². The fourth-order valence-corrected chi connectivity index (χ4v) is 6.09. The average Bonchev–Trinajstić information content (AvgIpc) is 2.86. The number of carbonyl (C=O) groups excluding carboxylic acids is 2. The summed E-state index contributed by atoms with van der Waals surface area (Å²) in [6.45, 7) is 11.9. The number of halogens is 1. The molecule has 2 atom stereocenters.